The fourth-order valence-corrected chi connectivity index (χ4v) is 4.06. The Balaban J connectivity index is 1.45. The molecule has 2 aromatic rings. The lowest BCUT2D eigenvalue weighted by Gasteiger charge is -2.34. The van der Waals surface area contributed by atoms with Crippen LogP contribution < -0.4 is 10.1 Å². The van der Waals surface area contributed by atoms with Crippen molar-refractivity contribution in [2.45, 2.75) is 25.1 Å². The van der Waals surface area contributed by atoms with Gasteiger partial charge in [0.25, 0.3) is 0 Å². The first-order chi connectivity index (χ1) is 16.8. The van der Waals surface area contributed by atoms with Crippen LogP contribution in [0, 0.1) is 23.2 Å². The van der Waals surface area contributed by atoms with Crippen molar-refractivity contribution < 1.29 is 33.7 Å². The second kappa shape index (κ2) is 10.1. The normalized spacial score (nSPS) is 23.2. The van der Waals surface area contributed by atoms with Crippen molar-refractivity contribution in [3.05, 3.63) is 42.1 Å². The third-order valence-corrected chi connectivity index (χ3v) is 6.14. The van der Waals surface area contributed by atoms with E-state index in [2.05, 4.69) is 10.3 Å². The maximum atomic E-state index is 14.6. The van der Waals surface area contributed by atoms with Crippen LogP contribution >= 0.6 is 0 Å². The average Bonchev–Trinajstić information content (AvgIpc) is 3.67. The van der Waals surface area contributed by atoms with Gasteiger partial charge in [-0.3, -0.25) is 14.4 Å². The number of nitriles is 1. The number of carboxylic acid groups (broad SMARTS) is 1. The number of piperidine rings is 1. The number of carbonyl (C=O) groups excluding carboxylic acids is 2. The molecule has 4 atom stereocenters. The van der Waals surface area contributed by atoms with E-state index in [1.165, 1.54) is 11.1 Å². The Morgan fingerprint density at radius 1 is 1.23 bits per heavy atom. The molecule has 2 heterocycles. The fourth-order valence-electron chi connectivity index (χ4n) is 4.06. The van der Waals surface area contributed by atoms with Gasteiger partial charge >= 0.3 is 5.97 Å². The van der Waals surface area contributed by atoms with E-state index >= 15 is 0 Å². The molecule has 1 aliphatic carbocycles. The van der Waals surface area contributed by atoms with Crippen molar-refractivity contribution in [3.63, 3.8) is 0 Å². The number of benzene rings is 1. The number of ether oxygens (including phenoxy) is 1. The van der Waals surface area contributed by atoms with E-state index in [-0.39, 0.29) is 36.6 Å². The van der Waals surface area contributed by atoms with Gasteiger partial charge in [-0.15, -0.1) is 0 Å². The summed E-state index contributed by atoms with van der Waals surface area (Å²) in [7, 11) is 0. The van der Waals surface area contributed by atoms with Gasteiger partial charge in [0.05, 0.1) is 23.9 Å². The van der Waals surface area contributed by atoms with Crippen LogP contribution in [-0.2, 0) is 14.4 Å². The van der Waals surface area contributed by atoms with E-state index < -0.39 is 48.5 Å². The predicted octanol–water partition coefficient (Wildman–Crippen LogP) is 1.59. The van der Waals surface area contributed by atoms with E-state index in [1.807, 2.05) is 6.07 Å². The maximum absolute atomic E-state index is 14.6. The number of pyridine rings is 1. The van der Waals surface area contributed by atoms with Crippen molar-refractivity contribution in [1.82, 2.24) is 9.88 Å². The minimum Gasteiger partial charge on any atom is -0.486 e. The molecule has 10 nitrogen and oxygen atoms in total. The number of likely N-dealkylation sites (tertiary alicyclic amines) is 1. The summed E-state index contributed by atoms with van der Waals surface area (Å²) in [5, 5.41) is 30.2. The molecule has 3 N–H and O–H groups in total. The first kappa shape index (κ1) is 24.1. The molecule has 2 aliphatic rings. The quantitative estimate of drug-likeness (QED) is 0.538. The minimum absolute atomic E-state index is 0.188. The number of alkyl halides is 1. The van der Waals surface area contributed by atoms with Gasteiger partial charge in [-0.2, -0.15) is 5.26 Å². The summed E-state index contributed by atoms with van der Waals surface area (Å²) in [6.07, 6.45) is -0.307. The van der Waals surface area contributed by atoms with Gasteiger partial charge in [-0.05, 0) is 41.8 Å². The number of amides is 2. The third kappa shape index (κ3) is 5.38. The number of halogens is 1. The van der Waals surface area contributed by atoms with E-state index in [1.54, 1.807) is 30.3 Å². The van der Waals surface area contributed by atoms with Crippen LogP contribution in [0.2, 0.25) is 0 Å². The molecule has 1 aromatic heterocycles. The van der Waals surface area contributed by atoms with Crippen LogP contribution in [0.3, 0.4) is 0 Å². The topological polar surface area (TPSA) is 153 Å². The number of aliphatic hydroxyl groups is 1. The number of hydrogen-bond acceptors (Lipinski definition) is 7. The van der Waals surface area contributed by atoms with Crippen molar-refractivity contribution >= 4 is 23.6 Å². The number of nitrogens with one attached hydrogen (secondary N) is 1. The highest BCUT2D eigenvalue weighted by atomic mass is 19.1. The first-order valence-electron chi connectivity index (χ1n) is 11.0. The van der Waals surface area contributed by atoms with Crippen molar-refractivity contribution in [3.8, 4) is 22.9 Å². The van der Waals surface area contributed by atoms with Crippen molar-refractivity contribution in [2.24, 2.45) is 11.8 Å². The molecule has 0 spiro atoms. The Hall–Kier alpha value is -4.04. The van der Waals surface area contributed by atoms with Gasteiger partial charge in [-0.1, -0.05) is 6.07 Å². The Morgan fingerprint density at radius 3 is 2.66 bits per heavy atom. The Kier molecular flexibility index (Phi) is 6.93. The van der Waals surface area contributed by atoms with Gasteiger partial charge in [-0.25, -0.2) is 9.37 Å². The zero-order valence-electron chi connectivity index (χ0n) is 18.6. The molecule has 11 heteroatoms. The highest BCUT2D eigenvalue weighted by molar-refractivity contribution is 5.98. The summed E-state index contributed by atoms with van der Waals surface area (Å²) in [6, 6.07) is 10.2. The van der Waals surface area contributed by atoms with Crippen LogP contribution in [0.15, 0.2) is 36.5 Å². The van der Waals surface area contributed by atoms with Crippen LogP contribution in [0.25, 0.3) is 11.1 Å². The van der Waals surface area contributed by atoms with E-state index in [9.17, 15) is 24.0 Å². The molecule has 2 amide bonds. The van der Waals surface area contributed by atoms with Gasteiger partial charge < -0.3 is 25.2 Å². The SMILES string of the molecule is N#Cc1cc(-c2ccnc(NC(=O)C3CC3C(=O)O)c2)ccc1O[C@H]1CCN(C(=O)CO)C[C@H]1F. The second-order valence-corrected chi connectivity index (χ2v) is 8.49. The summed E-state index contributed by atoms with van der Waals surface area (Å²) in [4.78, 5) is 40.1. The second-order valence-electron chi connectivity index (χ2n) is 8.49. The number of hydrogen-bond donors (Lipinski definition) is 3. The number of carboxylic acids is 1. The molecule has 182 valence electrons. The predicted molar refractivity (Wildman–Crippen MR) is 120 cm³/mol. The molecule has 1 saturated heterocycles. The first-order valence-corrected chi connectivity index (χ1v) is 11.0. The molecule has 2 unspecified atom stereocenters. The third-order valence-electron chi connectivity index (χ3n) is 6.14. The van der Waals surface area contributed by atoms with Crippen LogP contribution in [0.5, 0.6) is 5.75 Å². The van der Waals surface area contributed by atoms with Crippen LogP contribution in [0.1, 0.15) is 18.4 Å². The van der Waals surface area contributed by atoms with Gasteiger partial charge in [0.15, 0.2) is 6.17 Å². The summed E-state index contributed by atoms with van der Waals surface area (Å²) in [5.41, 5.74) is 1.48. The number of aliphatic carboxylic acids is 1. The molecule has 1 aromatic carbocycles. The van der Waals surface area contributed by atoms with E-state index in [0.29, 0.717) is 17.5 Å². The summed E-state index contributed by atoms with van der Waals surface area (Å²) < 4.78 is 20.3. The molecule has 1 aliphatic heterocycles. The molecule has 2 fully saturated rings. The maximum Gasteiger partial charge on any atom is 0.307 e. The lowest BCUT2D eigenvalue weighted by Crippen LogP contribution is -2.50. The molecule has 4 rings (SSSR count). The largest absolute Gasteiger partial charge is 0.486 e. The number of nitrogens with zero attached hydrogens (tertiary/aromatic N) is 3. The standard InChI is InChI=1S/C24H23FN4O6/c25-18-11-29(22(31)12-30)6-4-20(18)35-19-2-1-13(7-15(19)10-26)14-3-5-27-21(8-14)28-23(32)16-9-17(16)24(33)34/h1-3,5,7-8,16-18,20,30H,4,6,9,11-12H2,(H,33,34)(H,27,28,32)/t16?,17?,18-,20+/m1/s1. The number of aliphatic hydroxyl groups excluding tert-OH is 1. The Labute approximate surface area is 199 Å². The van der Waals surface area contributed by atoms with Gasteiger partial charge in [0.2, 0.25) is 11.8 Å². The molecule has 0 bridgehead atoms. The monoisotopic (exact) mass is 482 g/mol. The van der Waals surface area contributed by atoms with Crippen molar-refractivity contribution in [1.29, 1.82) is 5.26 Å². The average molecular weight is 482 g/mol. The minimum atomic E-state index is -1.47. The fraction of sp³-hybridized carbons (Fsp3) is 0.375. The number of rotatable bonds is 7. The van der Waals surface area contributed by atoms with Crippen LogP contribution in [-0.4, -0.2) is 69.9 Å². The zero-order chi connectivity index (χ0) is 25.1. The lowest BCUT2D eigenvalue weighted by molar-refractivity contribution is -0.140. The Morgan fingerprint density at radius 2 is 2.00 bits per heavy atom. The Bertz CT molecular complexity index is 1200. The van der Waals surface area contributed by atoms with Gasteiger partial charge in [0, 0.05) is 19.2 Å². The van der Waals surface area contributed by atoms with E-state index in [0.717, 1.165) is 0 Å². The van der Waals surface area contributed by atoms with E-state index in [4.69, 9.17) is 14.9 Å². The smallest absolute Gasteiger partial charge is 0.307 e. The lowest BCUT2D eigenvalue weighted by atomic mass is 10.0. The number of carbonyl (C=O) groups is 3. The van der Waals surface area contributed by atoms with Crippen molar-refractivity contribution in [2.75, 3.05) is 25.0 Å². The molecular weight excluding hydrogens is 459 g/mol. The molecule has 1 saturated carbocycles. The highest BCUT2D eigenvalue weighted by Gasteiger charge is 2.48. The highest BCUT2D eigenvalue weighted by Crippen LogP contribution is 2.39. The number of anilines is 1. The number of aromatic nitrogens is 1. The zero-order valence-corrected chi connectivity index (χ0v) is 18.6. The molecule has 0 radical (unpaired) electrons. The summed E-state index contributed by atoms with van der Waals surface area (Å²) in [6.45, 7) is -0.629. The van der Waals surface area contributed by atoms with Gasteiger partial charge in [0.1, 0.15) is 30.3 Å². The molecule has 35 heavy (non-hydrogen) atoms. The molecular formula is C24H23FN4O6. The summed E-state index contributed by atoms with van der Waals surface area (Å²) in [5.74, 6) is -2.73. The summed E-state index contributed by atoms with van der Waals surface area (Å²) >= 11 is 0. The van der Waals surface area contributed by atoms with Crippen LogP contribution in [0.4, 0.5) is 10.2 Å².